The van der Waals surface area contributed by atoms with Crippen molar-refractivity contribution in [3.63, 3.8) is 0 Å². The smallest absolute Gasteiger partial charge is 0.240 e. The minimum absolute atomic E-state index is 0.0783. The Morgan fingerprint density at radius 2 is 2.08 bits per heavy atom. The lowest BCUT2D eigenvalue weighted by Gasteiger charge is -2.04. The lowest BCUT2D eigenvalue weighted by Crippen LogP contribution is -1.99. The molecule has 1 aromatic rings. The van der Waals surface area contributed by atoms with Gasteiger partial charge in [-0.15, -0.1) is 0 Å². The van der Waals surface area contributed by atoms with Gasteiger partial charge in [0.15, 0.2) is 0 Å². The second-order valence-electron chi connectivity index (χ2n) is 2.24. The molecule has 0 atom stereocenters. The summed E-state index contributed by atoms with van der Waals surface area (Å²) in [5.74, 6) is -0.635. The topological polar surface area (TPSA) is 12.9 Å². The van der Waals surface area contributed by atoms with Crippen LogP contribution in [0.1, 0.15) is 17.7 Å². The fourth-order valence-corrected chi connectivity index (χ4v) is 1.31. The highest BCUT2D eigenvalue weighted by Crippen LogP contribution is 2.23. The third kappa shape index (κ3) is 1.88. The van der Waals surface area contributed by atoms with E-state index in [2.05, 4.69) is 4.98 Å². The molecule has 12 heavy (non-hydrogen) atoms. The molecule has 0 radical (unpaired) electrons. The summed E-state index contributed by atoms with van der Waals surface area (Å²) in [6.45, 7) is 1.29. The van der Waals surface area contributed by atoms with E-state index in [1.165, 1.54) is 6.92 Å². The van der Waals surface area contributed by atoms with Crippen molar-refractivity contribution in [2.45, 2.75) is 13.3 Å². The van der Waals surface area contributed by atoms with Crippen molar-refractivity contribution >= 4 is 22.6 Å². The normalized spacial score (nSPS) is 10.8. The first-order valence-corrected chi connectivity index (χ1v) is 4.21. The number of aromatic nitrogens is 1. The van der Waals surface area contributed by atoms with Crippen LogP contribution >= 0.6 is 22.6 Å². The van der Waals surface area contributed by atoms with Crippen LogP contribution in [0.25, 0.3) is 0 Å². The number of halogens is 4. The van der Waals surface area contributed by atoms with E-state index in [1.807, 2.05) is 0 Å². The third-order valence-electron chi connectivity index (χ3n) is 1.42. The maximum absolute atomic E-state index is 12.8. The van der Waals surface area contributed by atoms with Crippen molar-refractivity contribution in [2.75, 3.05) is 0 Å². The molecule has 5 heteroatoms. The molecule has 1 nitrogen and oxygen atoms in total. The Balaban J connectivity index is 3.28. The summed E-state index contributed by atoms with van der Waals surface area (Å²) in [5.41, 5.74) is -0.551. The minimum Gasteiger partial charge on any atom is -0.240 e. The average molecular weight is 287 g/mol. The average Bonchev–Trinajstić information content (AvgIpc) is 1.96. The van der Waals surface area contributed by atoms with Crippen molar-refractivity contribution in [1.82, 2.24) is 4.98 Å². The summed E-state index contributed by atoms with van der Waals surface area (Å²) < 4.78 is 37.4. The molecule has 0 amide bonds. The monoisotopic (exact) mass is 287 g/mol. The van der Waals surface area contributed by atoms with Gasteiger partial charge in [0.2, 0.25) is 0 Å². The zero-order chi connectivity index (χ0) is 9.30. The van der Waals surface area contributed by atoms with Crippen molar-refractivity contribution in [1.29, 1.82) is 0 Å². The van der Waals surface area contributed by atoms with Gasteiger partial charge in [0.25, 0.3) is 6.43 Å². The van der Waals surface area contributed by atoms with Gasteiger partial charge < -0.3 is 0 Å². The van der Waals surface area contributed by atoms with Crippen LogP contribution in [0, 0.1) is 16.4 Å². The fraction of sp³-hybridized carbons (Fsp3) is 0.286. The van der Waals surface area contributed by atoms with E-state index in [0.29, 0.717) is 0 Å². The maximum Gasteiger partial charge on any atom is 0.280 e. The van der Waals surface area contributed by atoms with E-state index < -0.39 is 17.9 Å². The predicted octanol–water partition coefficient (Wildman–Crippen LogP) is 3.07. The van der Waals surface area contributed by atoms with Crippen LogP contribution < -0.4 is 0 Å². The van der Waals surface area contributed by atoms with Crippen LogP contribution in [-0.4, -0.2) is 4.98 Å². The predicted molar refractivity (Wildman–Crippen MR) is 46.6 cm³/mol. The molecule has 0 saturated heterocycles. The first-order valence-electron chi connectivity index (χ1n) is 3.13. The summed E-state index contributed by atoms with van der Waals surface area (Å²) >= 11 is 1.70. The molecular formula is C7H5F3IN. The van der Waals surface area contributed by atoms with E-state index in [-0.39, 0.29) is 9.26 Å². The molecule has 0 aliphatic rings. The van der Waals surface area contributed by atoms with E-state index >= 15 is 0 Å². The third-order valence-corrected chi connectivity index (χ3v) is 1.97. The van der Waals surface area contributed by atoms with E-state index in [0.717, 1.165) is 6.07 Å². The maximum atomic E-state index is 12.8. The fourth-order valence-electron chi connectivity index (χ4n) is 0.779. The van der Waals surface area contributed by atoms with Crippen molar-refractivity contribution in [2.24, 2.45) is 0 Å². The van der Waals surface area contributed by atoms with Gasteiger partial charge in [-0.05, 0) is 29.5 Å². The highest BCUT2D eigenvalue weighted by molar-refractivity contribution is 14.1. The Morgan fingerprint density at radius 3 is 2.58 bits per heavy atom. The van der Waals surface area contributed by atoms with Crippen molar-refractivity contribution < 1.29 is 13.2 Å². The molecular weight excluding hydrogens is 282 g/mol. The van der Waals surface area contributed by atoms with Gasteiger partial charge in [0.1, 0.15) is 15.2 Å². The van der Waals surface area contributed by atoms with Crippen LogP contribution in [0.15, 0.2) is 6.07 Å². The van der Waals surface area contributed by atoms with Crippen LogP contribution in [0.5, 0.6) is 0 Å². The zero-order valence-electron chi connectivity index (χ0n) is 6.11. The van der Waals surface area contributed by atoms with Gasteiger partial charge in [0.05, 0.1) is 0 Å². The van der Waals surface area contributed by atoms with Crippen LogP contribution in [0.4, 0.5) is 13.2 Å². The molecule has 66 valence electrons. The summed E-state index contributed by atoms with van der Waals surface area (Å²) in [7, 11) is 0. The molecule has 0 unspecified atom stereocenters. The highest BCUT2D eigenvalue weighted by Gasteiger charge is 2.16. The molecule has 0 fully saturated rings. The lowest BCUT2D eigenvalue weighted by molar-refractivity contribution is 0.144. The van der Waals surface area contributed by atoms with E-state index in [9.17, 15) is 13.2 Å². The first-order chi connectivity index (χ1) is 5.52. The van der Waals surface area contributed by atoms with Crippen LogP contribution in [0.2, 0.25) is 0 Å². The van der Waals surface area contributed by atoms with Gasteiger partial charge in [-0.25, -0.2) is 18.2 Å². The Morgan fingerprint density at radius 1 is 1.50 bits per heavy atom. The molecule has 0 aliphatic heterocycles. The van der Waals surface area contributed by atoms with Gasteiger partial charge in [-0.3, -0.25) is 0 Å². The largest absolute Gasteiger partial charge is 0.280 e. The van der Waals surface area contributed by atoms with Crippen LogP contribution in [-0.2, 0) is 0 Å². The van der Waals surface area contributed by atoms with Gasteiger partial charge in [0, 0.05) is 11.6 Å². The quantitative estimate of drug-likeness (QED) is 0.571. The summed E-state index contributed by atoms with van der Waals surface area (Å²) in [6.07, 6.45) is -2.71. The summed E-state index contributed by atoms with van der Waals surface area (Å²) in [6, 6.07) is 1.13. The molecule has 0 saturated carbocycles. The SMILES string of the molecule is Cc1c(F)cc(I)nc1C(F)F. The zero-order valence-corrected chi connectivity index (χ0v) is 8.27. The minimum atomic E-state index is -2.71. The highest BCUT2D eigenvalue weighted by atomic mass is 127. The number of pyridine rings is 1. The molecule has 0 N–H and O–H groups in total. The Bertz CT molecular complexity index is 301. The molecule has 0 aromatic carbocycles. The Kier molecular flexibility index (Phi) is 2.92. The number of alkyl halides is 2. The second kappa shape index (κ2) is 3.59. The lowest BCUT2D eigenvalue weighted by atomic mass is 10.2. The molecule has 0 aliphatic carbocycles. The van der Waals surface area contributed by atoms with E-state index in [1.54, 1.807) is 22.6 Å². The van der Waals surface area contributed by atoms with Crippen molar-refractivity contribution in [3.05, 3.63) is 26.8 Å². The number of nitrogens with zero attached hydrogens (tertiary/aromatic N) is 1. The molecule has 1 rings (SSSR count). The molecule has 1 heterocycles. The number of hydrogen-bond acceptors (Lipinski definition) is 1. The number of rotatable bonds is 1. The molecule has 1 aromatic heterocycles. The molecule has 0 bridgehead atoms. The standard InChI is InChI=1S/C7H5F3IN/c1-3-4(8)2-5(11)12-6(3)7(9)10/h2,7H,1H3. The van der Waals surface area contributed by atoms with Crippen LogP contribution in [0.3, 0.4) is 0 Å². The first kappa shape index (κ1) is 9.76. The number of hydrogen-bond donors (Lipinski definition) is 0. The Hall–Kier alpha value is -0.330. The second-order valence-corrected chi connectivity index (χ2v) is 3.34. The van der Waals surface area contributed by atoms with Gasteiger partial charge in [-0.2, -0.15) is 0 Å². The molecule has 0 spiro atoms. The van der Waals surface area contributed by atoms with E-state index in [4.69, 9.17) is 0 Å². The van der Waals surface area contributed by atoms with Crippen molar-refractivity contribution in [3.8, 4) is 0 Å². The Labute approximate surface area is 81.1 Å². The van der Waals surface area contributed by atoms with Gasteiger partial charge >= 0.3 is 0 Å². The summed E-state index contributed by atoms with van der Waals surface area (Å²) in [5, 5.41) is 0. The summed E-state index contributed by atoms with van der Waals surface area (Å²) in [4.78, 5) is 3.53. The van der Waals surface area contributed by atoms with Gasteiger partial charge in [-0.1, -0.05) is 0 Å².